The van der Waals surface area contributed by atoms with Crippen molar-refractivity contribution in [3.8, 4) is 11.3 Å². The average Bonchev–Trinajstić information content (AvgIpc) is 3.17. The monoisotopic (exact) mass is 293 g/mol. The maximum Gasteiger partial charge on any atom is 0.187 e. The highest BCUT2D eigenvalue weighted by Gasteiger charge is 2.05. The predicted octanol–water partition coefficient (Wildman–Crippen LogP) is 3.83. The van der Waals surface area contributed by atoms with E-state index in [4.69, 9.17) is 0 Å². The Labute approximate surface area is 124 Å². The van der Waals surface area contributed by atoms with E-state index in [0.717, 1.165) is 33.0 Å². The van der Waals surface area contributed by atoms with E-state index in [0.29, 0.717) is 0 Å². The molecule has 4 rings (SSSR count). The van der Waals surface area contributed by atoms with E-state index in [1.165, 1.54) is 0 Å². The molecule has 0 amide bonds. The van der Waals surface area contributed by atoms with Gasteiger partial charge in [0.05, 0.1) is 17.4 Å². The molecule has 0 saturated heterocycles. The lowest BCUT2D eigenvalue weighted by Crippen LogP contribution is -1.89. The maximum atomic E-state index is 4.59. The van der Waals surface area contributed by atoms with Gasteiger partial charge in [0.1, 0.15) is 0 Å². The molecule has 102 valence electrons. The predicted molar refractivity (Wildman–Crippen MR) is 84.7 cm³/mol. The zero-order chi connectivity index (χ0) is 14.1. The second-order valence-corrected chi connectivity index (χ2v) is 5.43. The standard InChI is InChI=1S/C15H11N5S/c1-2-10(7-16-5-1)14-9-21-15(19-14)18-12-4-3-11-8-17-20-13(11)6-12/h1-9H,(H,17,20)(H,18,19). The minimum Gasteiger partial charge on any atom is -0.331 e. The SMILES string of the molecule is c1cncc(-c2csc(Nc3ccc4cn[nH]c4c3)n2)c1. The summed E-state index contributed by atoms with van der Waals surface area (Å²) in [5.41, 5.74) is 3.94. The second-order valence-electron chi connectivity index (χ2n) is 4.58. The Hall–Kier alpha value is -2.73. The summed E-state index contributed by atoms with van der Waals surface area (Å²) >= 11 is 1.57. The second kappa shape index (κ2) is 4.99. The van der Waals surface area contributed by atoms with Crippen LogP contribution in [0.3, 0.4) is 0 Å². The molecule has 0 radical (unpaired) electrons. The van der Waals surface area contributed by atoms with E-state index >= 15 is 0 Å². The number of benzene rings is 1. The third kappa shape index (κ3) is 2.36. The summed E-state index contributed by atoms with van der Waals surface area (Å²) in [6.07, 6.45) is 5.38. The minimum absolute atomic E-state index is 0.854. The van der Waals surface area contributed by atoms with Crippen LogP contribution in [0.4, 0.5) is 10.8 Å². The molecule has 0 unspecified atom stereocenters. The van der Waals surface area contributed by atoms with Crippen molar-refractivity contribution >= 4 is 33.1 Å². The van der Waals surface area contributed by atoms with E-state index in [9.17, 15) is 0 Å². The molecule has 0 aliphatic rings. The molecule has 4 aromatic rings. The summed E-state index contributed by atoms with van der Waals surface area (Å²) in [6, 6.07) is 9.98. The van der Waals surface area contributed by atoms with Crippen LogP contribution in [0.25, 0.3) is 22.2 Å². The largest absolute Gasteiger partial charge is 0.331 e. The lowest BCUT2D eigenvalue weighted by Gasteiger charge is -2.02. The van der Waals surface area contributed by atoms with Gasteiger partial charge in [0.2, 0.25) is 0 Å². The summed E-state index contributed by atoms with van der Waals surface area (Å²) in [7, 11) is 0. The Bertz CT molecular complexity index is 881. The van der Waals surface area contributed by atoms with Gasteiger partial charge in [0.25, 0.3) is 0 Å². The number of nitrogens with zero attached hydrogens (tertiary/aromatic N) is 3. The number of hydrogen-bond donors (Lipinski definition) is 2. The van der Waals surface area contributed by atoms with Crippen LogP contribution >= 0.6 is 11.3 Å². The van der Waals surface area contributed by atoms with Crippen molar-refractivity contribution < 1.29 is 0 Å². The van der Waals surface area contributed by atoms with Gasteiger partial charge >= 0.3 is 0 Å². The van der Waals surface area contributed by atoms with Gasteiger partial charge in [0, 0.05) is 34.4 Å². The van der Waals surface area contributed by atoms with Crippen LogP contribution in [0.5, 0.6) is 0 Å². The Kier molecular flexibility index (Phi) is 2.86. The maximum absolute atomic E-state index is 4.59. The molecule has 6 heteroatoms. The highest BCUT2D eigenvalue weighted by molar-refractivity contribution is 7.14. The van der Waals surface area contributed by atoms with E-state index in [1.807, 2.05) is 48.1 Å². The van der Waals surface area contributed by atoms with Gasteiger partial charge in [0.15, 0.2) is 5.13 Å². The van der Waals surface area contributed by atoms with Crippen LogP contribution in [-0.2, 0) is 0 Å². The fourth-order valence-corrected chi connectivity index (χ4v) is 2.86. The number of anilines is 2. The first-order valence-corrected chi connectivity index (χ1v) is 7.32. The molecule has 0 saturated carbocycles. The molecule has 2 N–H and O–H groups in total. The van der Waals surface area contributed by atoms with Gasteiger partial charge in [-0.2, -0.15) is 5.10 Å². The number of fused-ring (bicyclic) bond motifs is 1. The molecule has 21 heavy (non-hydrogen) atoms. The Morgan fingerprint density at radius 2 is 2.14 bits per heavy atom. The molecular weight excluding hydrogens is 282 g/mol. The van der Waals surface area contributed by atoms with Crippen molar-refractivity contribution in [3.63, 3.8) is 0 Å². The van der Waals surface area contributed by atoms with Crippen molar-refractivity contribution in [2.24, 2.45) is 0 Å². The van der Waals surface area contributed by atoms with Crippen LogP contribution < -0.4 is 5.32 Å². The van der Waals surface area contributed by atoms with Crippen LogP contribution in [0, 0.1) is 0 Å². The number of nitrogens with one attached hydrogen (secondary N) is 2. The van der Waals surface area contributed by atoms with Gasteiger partial charge in [-0.25, -0.2) is 4.98 Å². The molecule has 0 aliphatic heterocycles. The summed E-state index contributed by atoms with van der Waals surface area (Å²) in [5.74, 6) is 0. The topological polar surface area (TPSA) is 66.5 Å². The lowest BCUT2D eigenvalue weighted by atomic mass is 10.2. The van der Waals surface area contributed by atoms with E-state index in [1.54, 1.807) is 17.5 Å². The molecule has 0 bridgehead atoms. The number of H-pyrrole nitrogens is 1. The fraction of sp³-hybridized carbons (Fsp3) is 0. The highest BCUT2D eigenvalue weighted by Crippen LogP contribution is 2.27. The highest BCUT2D eigenvalue weighted by atomic mass is 32.1. The van der Waals surface area contributed by atoms with Crippen LogP contribution in [-0.4, -0.2) is 20.2 Å². The van der Waals surface area contributed by atoms with Gasteiger partial charge < -0.3 is 5.32 Å². The van der Waals surface area contributed by atoms with Crippen LogP contribution in [0.2, 0.25) is 0 Å². The zero-order valence-electron chi connectivity index (χ0n) is 10.9. The van der Waals surface area contributed by atoms with Crippen LogP contribution in [0.15, 0.2) is 54.3 Å². The molecule has 3 heterocycles. The zero-order valence-corrected chi connectivity index (χ0v) is 11.8. The molecule has 0 spiro atoms. The van der Waals surface area contributed by atoms with Crippen molar-refractivity contribution in [2.45, 2.75) is 0 Å². The molecular formula is C15H11N5S. The number of rotatable bonds is 3. The smallest absolute Gasteiger partial charge is 0.187 e. The quantitative estimate of drug-likeness (QED) is 0.602. The van der Waals surface area contributed by atoms with Gasteiger partial charge in [-0.3, -0.25) is 10.1 Å². The third-order valence-corrected chi connectivity index (χ3v) is 3.91. The van der Waals surface area contributed by atoms with E-state index in [2.05, 4.69) is 25.5 Å². The first-order valence-electron chi connectivity index (χ1n) is 6.44. The van der Waals surface area contributed by atoms with Crippen molar-refractivity contribution in [1.29, 1.82) is 0 Å². The number of hydrogen-bond acceptors (Lipinski definition) is 5. The summed E-state index contributed by atoms with van der Waals surface area (Å²) in [5, 5.41) is 14.3. The van der Waals surface area contributed by atoms with Crippen molar-refractivity contribution in [3.05, 3.63) is 54.3 Å². The Morgan fingerprint density at radius 3 is 3.05 bits per heavy atom. The van der Waals surface area contributed by atoms with Gasteiger partial charge in [-0.05, 0) is 30.3 Å². The van der Waals surface area contributed by atoms with E-state index < -0.39 is 0 Å². The summed E-state index contributed by atoms with van der Waals surface area (Å²) < 4.78 is 0. The first kappa shape index (κ1) is 12.0. The number of thiazole rings is 1. The third-order valence-electron chi connectivity index (χ3n) is 3.15. The van der Waals surface area contributed by atoms with Gasteiger partial charge in [-0.1, -0.05) is 0 Å². The van der Waals surface area contributed by atoms with Crippen molar-refractivity contribution in [2.75, 3.05) is 5.32 Å². The fourth-order valence-electron chi connectivity index (χ4n) is 2.12. The van der Waals surface area contributed by atoms with E-state index in [-0.39, 0.29) is 0 Å². The number of aromatic nitrogens is 4. The molecule has 3 aromatic heterocycles. The minimum atomic E-state index is 0.854. The van der Waals surface area contributed by atoms with Gasteiger partial charge in [-0.15, -0.1) is 11.3 Å². The molecule has 5 nitrogen and oxygen atoms in total. The summed E-state index contributed by atoms with van der Waals surface area (Å²) in [6.45, 7) is 0. The van der Waals surface area contributed by atoms with Crippen LogP contribution in [0.1, 0.15) is 0 Å². The molecule has 0 fully saturated rings. The molecule has 0 aliphatic carbocycles. The number of pyridine rings is 1. The Morgan fingerprint density at radius 1 is 1.14 bits per heavy atom. The molecule has 1 aromatic carbocycles. The summed E-state index contributed by atoms with van der Waals surface area (Å²) in [4.78, 5) is 8.70. The Balaban J connectivity index is 1.61. The number of aromatic amines is 1. The lowest BCUT2D eigenvalue weighted by molar-refractivity contribution is 1.12. The first-order chi connectivity index (χ1) is 10.4. The van der Waals surface area contributed by atoms with Crippen molar-refractivity contribution in [1.82, 2.24) is 20.2 Å². The normalized spacial score (nSPS) is 10.9. The average molecular weight is 293 g/mol. The molecule has 0 atom stereocenters.